The number of anilines is 1. The standard InChI is InChI=1S/C23H22FN3O2S/c24-19-6-3-16-10-12-27(15-18(16)14-19)23(29)26-20-7-4-17(5-8-20)22(28)25-11-9-21-2-1-13-30-21/h1-8,13-14H,9-12,15H2,(H,25,28)(H,26,29). The topological polar surface area (TPSA) is 61.4 Å². The van der Waals surface area contributed by atoms with Gasteiger partial charge in [0.1, 0.15) is 5.82 Å². The van der Waals surface area contributed by atoms with Crippen LogP contribution in [0.15, 0.2) is 60.0 Å². The third-order valence-electron chi connectivity index (χ3n) is 5.10. The van der Waals surface area contributed by atoms with Crippen LogP contribution in [0, 0.1) is 5.82 Å². The number of fused-ring (bicyclic) bond motifs is 1. The molecule has 0 radical (unpaired) electrons. The molecular weight excluding hydrogens is 401 g/mol. The van der Waals surface area contributed by atoms with E-state index in [1.54, 1.807) is 46.6 Å². The van der Waals surface area contributed by atoms with Crippen LogP contribution in [0.3, 0.4) is 0 Å². The molecule has 0 fully saturated rings. The maximum Gasteiger partial charge on any atom is 0.322 e. The molecular formula is C23H22FN3O2S. The number of carbonyl (C=O) groups excluding carboxylic acids is 2. The van der Waals surface area contributed by atoms with E-state index in [2.05, 4.69) is 10.6 Å². The van der Waals surface area contributed by atoms with Crippen molar-refractivity contribution in [3.8, 4) is 0 Å². The van der Waals surface area contributed by atoms with E-state index in [1.165, 1.54) is 17.0 Å². The van der Waals surface area contributed by atoms with Crippen LogP contribution >= 0.6 is 11.3 Å². The molecule has 1 aliphatic heterocycles. The van der Waals surface area contributed by atoms with Gasteiger partial charge in [0.05, 0.1) is 0 Å². The summed E-state index contributed by atoms with van der Waals surface area (Å²) in [6, 6.07) is 15.3. The molecule has 2 heterocycles. The molecule has 0 aliphatic carbocycles. The van der Waals surface area contributed by atoms with Gasteiger partial charge in [-0.15, -0.1) is 11.3 Å². The highest BCUT2D eigenvalue weighted by molar-refractivity contribution is 7.09. The molecule has 154 valence electrons. The van der Waals surface area contributed by atoms with E-state index in [4.69, 9.17) is 0 Å². The van der Waals surface area contributed by atoms with Crippen molar-refractivity contribution in [1.29, 1.82) is 0 Å². The molecule has 1 aromatic heterocycles. The number of urea groups is 1. The Bertz CT molecular complexity index is 1040. The van der Waals surface area contributed by atoms with Gasteiger partial charge in [-0.2, -0.15) is 0 Å². The zero-order chi connectivity index (χ0) is 20.9. The molecule has 0 saturated carbocycles. The molecule has 2 aromatic carbocycles. The first-order chi connectivity index (χ1) is 14.6. The van der Waals surface area contributed by atoms with E-state index >= 15 is 0 Å². The number of hydrogen-bond donors (Lipinski definition) is 2. The molecule has 3 aromatic rings. The van der Waals surface area contributed by atoms with Crippen LogP contribution in [0.25, 0.3) is 0 Å². The van der Waals surface area contributed by atoms with E-state index in [0.29, 0.717) is 37.3 Å². The smallest absolute Gasteiger partial charge is 0.322 e. The fraction of sp³-hybridized carbons (Fsp3) is 0.217. The zero-order valence-electron chi connectivity index (χ0n) is 16.4. The lowest BCUT2D eigenvalue weighted by molar-refractivity contribution is 0.0954. The minimum absolute atomic E-state index is 0.140. The van der Waals surface area contributed by atoms with Gasteiger partial charge in [0.2, 0.25) is 0 Å². The van der Waals surface area contributed by atoms with Crippen molar-refractivity contribution in [2.75, 3.05) is 18.4 Å². The van der Waals surface area contributed by atoms with Crippen LogP contribution in [0.5, 0.6) is 0 Å². The highest BCUT2D eigenvalue weighted by Crippen LogP contribution is 2.21. The van der Waals surface area contributed by atoms with E-state index in [0.717, 1.165) is 17.5 Å². The van der Waals surface area contributed by atoms with E-state index in [-0.39, 0.29) is 17.8 Å². The Balaban J connectivity index is 1.30. The van der Waals surface area contributed by atoms with Gasteiger partial charge >= 0.3 is 6.03 Å². The molecule has 0 unspecified atom stereocenters. The molecule has 0 spiro atoms. The van der Waals surface area contributed by atoms with Crippen molar-refractivity contribution in [3.63, 3.8) is 0 Å². The highest BCUT2D eigenvalue weighted by Gasteiger charge is 2.21. The van der Waals surface area contributed by atoms with Crippen LogP contribution in [0.2, 0.25) is 0 Å². The summed E-state index contributed by atoms with van der Waals surface area (Å²) in [5, 5.41) is 7.77. The number of benzene rings is 2. The van der Waals surface area contributed by atoms with Gasteiger partial charge in [0.15, 0.2) is 0 Å². The van der Waals surface area contributed by atoms with Crippen molar-refractivity contribution in [2.24, 2.45) is 0 Å². The highest BCUT2D eigenvalue weighted by atomic mass is 32.1. The second-order valence-electron chi connectivity index (χ2n) is 7.18. The number of hydrogen-bond acceptors (Lipinski definition) is 3. The number of nitrogens with one attached hydrogen (secondary N) is 2. The van der Waals surface area contributed by atoms with Gasteiger partial charge in [0.25, 0.3) is 5.91 Å². The van der Waals surface area contributed by atoms with Crippen molar-refractivity contribution in [3.05, 3.63) is 87.4 Å². The first-order valence-electron chi connectivity index (χ1n) is 9.82. The molecule has 0 atom stereocenters. The van der Waals surface area contributed by atoms with Crippen LogP contribution in [-0.2, 0) is 19.4 Å². The Hall–Kier alpha value is -3.19. The van der Waals surface area contributed by atoms with Gasteiger partial charge in [-0.05, 0) is 71.8 Å². The van der Waals surface area contributed by atoms with Crippen molar-refractivity contribution >= 4 is 29.0 Å². The first kappa shape index (κ1) is 20.1. The summed E-state index contributed by atoms with van der Waals surface area (Å²) in [6.45, 7) is 1.54. The summed E-state index contributed by atoms with van der Waals surface area (Å²) >= 11 is 1.67. The normalized spacial score (nSPS) is 12.9. The number of rotatable bonds is 5. The lowest BCUT2D eigenvalue weighted by atomic mass is 10.00. The molecule has 5 nitrogen and oxygen atoms in total. The van der Waals surface area contributed by atoms with Gasteiger partial charge in [-0.1, -0.05) is 12.1 Å². The van der Waals surface area contributed by atoms with Crippen molar-refractivity contribution < 1.29 is 14.0 Å². The minimum atomic E-state index is -0.291. The van der Waals surface area contributed by atoms with Gasteiger partial charge < -0.3 is 15.5 Å². The Morgan fingerprint density at radius 1 is 1.07 bits per heavy atom. The lowest BCUT2D eigenvalue weighted by Gasteiger charge is -2.29. The maximum absolute atomic E-state index is 13.5. The van der Waals surface area contributed by atoms with E-state index < -0.39 is 0 Å². The molecule has 1 aliphatic rings. The summed E-state index contributed by atoms with van der Waals surface area (Å²) in [5.74, 6) is -0.431. The minimum Gasteiger partial charge on any atom is -0.352 e. The Labute approximate surface area is 178 Å². The van der Waals surface area contributed by atoms with Gasteiger partial charge in [0, 0.05) is 35.8 Å². The van der Waals surface area contributed by atoms with Crippen molar-refractivity contribution in [2.45, 2.75) is 19.4 Å². The SMILES string of the molecule is O=C(NCCc1cccs1)c1ccc(NC(=O)N2CCc3ccc(F)cc3C2)cc1. The van der Waals surface area contributed by atoms with E-state index in [9.17, 15) is 14.0 Å². The Morgan fingerprint density at radius 2 is 1.90 bits per heavy atom. The fourth-order valence-electron chi connectivity index (χ4n) is 3.46. The summed E-state index contributed by atoms with van der Waals surface area (Å²) < 4.78 is 13.5. The average Bonchev–Trinajstić information content (AvgIpc) is 3.27. The molecule has 0 bridgehead atoms. The van der Waals surface area contributed by atoms with Crippen LogP contribution in [0.4, 0.5) is 14.9 Å². The Kier molecular flexibility index (Phi) is 6.09. The third kappa shape index (κ3) is 4.86. The number of carbonyl (C=O) groups is 2. The second kappa shape index (κ2) is 9.09. The number of nitrogens with zero attached hydrogens (tertiary/aromatic N) is 1. The number of thiophene rings is 1. The summed E-state index contributed by atoms with van der Waals surface area (Å²) in [4.78, 5) is 27.7. The second-order valence-corrected chi connectivity index (χ2v) is 8.21. The predicted octanol–water partition coefficient (Wildman–Crippen LogP) is 4.45. The average molecular weight is 424 g/mol. The first-order valence-corrected chi connectivity index (χ1v) is 10.7. The monoisotopic (exact) mass is 423 g/mol. The third-order valence-corrected chi connectivity index (χ3v) is 6.04. The summed E-state index contributed by atoms with van der Waals surface area (Å²) in [7, 11) is 0. The molecule has 2 N–H and O–H groups in total. The molecule has 0 saturated heterocycles. The predicted molar refractivity (Wildman–Crippen MR) is 116 cm³/mol. The molecule has 4 rings (SSSR count). The summed E-state index contributed by atoms with van der Waals surface area (Å²) in [6.07, 6.45) is 1.51. The largest absolute Gasteiger partial charge is 0.352 e. The quantitative estimate of drug-likeness (QED) is 0.637. The lowest BCUT2D eigenvalue weighted by Crippen LogP contribution is -2.38. The Morgan fingerprint density at radius 3 is 2.67 bits per heavy atom. The van der Waals surface area contributed by atoms with Gasteiger partial charge in [-0.25, -0.2) is 9.18 Å². The summed E-state index contributed by atoms with van der Waals surface area (Å²) in [5.41, 5.74) is 3.07. The van der Waals surface area contributed by atoms with Crippen LogP contribution in [0.1, 0.15) is 26.4 Å². The molecule has 7 heteroatoms. The zero-order valence-corrected chi connectivity index (χ0v) is 17.2. The van der Waals surface area contributed by atoms with E-state index in [1.807, 2.05) is 17.5 Å². The molecule has 30 heavy (non-hydrogen) atoms. The van der Waals surface area contributed by atoms with Crippen molar-refractivity contribution in [1.82, 2.24) is 10.2 Å². The maximum atomic E-state index is 13.5. The fourth-order valence-corrected chi connectivity index (χ4v) is 4.17. The van der Waals surface area contributed by atoms with Crippen LogP contribution in [-0.4, -0.2) is 29.9 Å². The number of amides is 3. The number of halogens is 1. The van der Waals surface area contributed by atoms with Gasteiger partial charge in [-0.3, -0.25) is 4.79 Å². The molecule has 3 amide bonds. The van der Waals surface area contributed by atoms with Crippen LogP contribution < -0.4 is 10.6 Å².